The van der Waals surface area contributed by atoms with Crippen LogP contribution in [-0.4, -0.2) is 27.3 Å². The maximum atomic E-state index is 5.43. The summed E-state index contributed by atoms with van der Waals surface area (Å²) in [5.41, 5.74) is 3.68. The van der Waals surface area contributed by atoms with Gasteiger partial charge < -0.3 is 13.9 Å². The van der Waals surface area contributed by atoms with E-state index in [2.05, 4.69) is 20.3 Å². The lowest BCUT2D eigenvalue weighted by Crippen LogP contribution is -2.22. The number of hydrogen-bond donors (Lipinski definition) is 0. The minimum atomic E-state index is 0.0400. The highest BCUT2D eigenvalue weighted by Crippen LogP contribution is 2.27. The molecule has 1 aromatic carbocycles. The first kappa shape index (κ1) is 17.0. The molecule has 0 saturated carbocycles. The van der Waals surface area contributed by atoms with Gasteiger partial charge in [0.05, 0.1) is 11.6 Å². The number of pyridine rings is 1. The Morgan fingerprint density at radius 2 is 1.89 bits per heavy atom. The lowest BCUT2D eigenvalue weighted by molar-refractivity contribution is 0.406. The van der Waals surface area contributed by atoms with Crippen LogP contribution in [0.4, 0.5) is 5.82 Å². The Balaban J connectivity index is 1.55. The van der Waals surface area contributed by atoms with Gasteiger partial charge in [0, 0.05) is 24.9 Å². The summed E-state index contributed by atoms with van der Waals surface area (Å²) in [6.07, 6.45) is 3.30. The second kappa shape index (κ2) is 7.03. The predicted octanol–water partition coefficient (Wildman–Crippen LogP) is 4.29. The average molecular weight is 361 g/mol. The Bertz CT molecular complexity index is 1020. The van der Waals surface area contributed by atoms with E-state index in [0.29, 0.717) is 11.7 Å². The van der Waals surface area contributed by atoms with Crippen molar-refractivity contribution >= 4 is 5.82 Å². The van der Waals surface area contributed by atoms with Gasteiger partial charge in [-0.15, -0.1) is 0 Å². The van der Waals surface area contributed by atoms with Crippen LogP contribution in [-0.2, 0) is 0 Å². The van der Waals surface area contributed by atoms with Crippen molar-refractivity contribution in [2.45, 2.75) is 19.9 Å². The third-order valence-corrected chi connectivity index (χ3v) is 4.63. The second-order valence-corrected chi connectivity index (χ2v) is 6.35. The van der Waals surface area contributed by atoms with Crippen LogP contribution in [0.5, 0.6) is 0 Å². The summed E-state index contributed by atoms with van der Waals surface area (Å²) in [4.78, 5) is 11.1. The van der Waals surface area contributed by atoms with Gasteiger partial charge in [-0.25, -0.2) is 4.98 Å². The SMILES string of the molecule is Cc1ccccc1-c1noc(-c2ccc(N(C)C(C)c3ccon3)nc2)n1. The number of anilines is 1. The maximum absolute atomic E-state index is 5.43. The molecule has 0 fully saturated rings. The largest absolute Gasteiger partial charge is 0.364 e. The van der Waals surface area contributed by atoms with Crippen LogP contribution in [0, 0.1) is 6.92 Å². The molecule has 0 bridgehead atoms. The van der Waals surface area contributed by atoms with Gasteiger partial charge >= 0.3 is 0 Å². The summed E-state index contributed by atoms with van der Waals surface area (Å²) < 4.78 is 10.4. The molecule has 0 amide bonds. The van der Waals surface area contributed by atoms with Crippen molar-refractivity contribution in [3.63, 3.8) is 0 Å². The molecule has 4 rings (SSSR count). The van der Waals surface area contributed by atoms with Gasteiger partial charge in [-0.1, -0.05) is 34.6 Å². The first-order chi connectivity index (χ1) is 13.1. The van der Waals surface area contributed by atoms with E-state index in [-0.39, 0.29) is 6.04 Å². The highest BCUT2D eigenvalue weighted by Gasteiger charge is 2.17. The highest BCUT2D eigenvalue weighted by atomic mass is 16.5. The van der Waals surface area contributed by atoms with Crippen LogP contribution in [0.1, 0.15) is 24.2 Å². The molecule has 1 unspecified atom stereocenters. The Labute approximate surface area is 156 Å². The number of aromatic nitrogens is 4. The summed E-state index contributed by atoms with van der Waals surface area (Å²) in [6.45, 7) is 4.06. The van der Waals surface area contributed by atoms with E-state index < -0.39 is 0 Å². The van der Waals surface area contributed by atoms with Gasteiger partial charge in [0.15, 0.2) is 0 Å². The highest BCUT2D eigenvalue weighted by molar-refractivity contribution is 5.62. The zero-order chi connectivity index (χ0) is 18.8. The van der Waals surface area contributed by atoms with Crippen LogP contribution >= 0.6 is 0 Å². The minimum absolute atomic E-state index is 0.0400. The first-order valence-electron chi connectivity index (χ1n) is 8.62. The number of nitrogens with zero attached hydrogens (tertiary/aromatic N) is 5. The van der Waals surface area contributed by atoms with E-state index >= 15 is 0 Å². The number of aryl methyl sites for hydroxylation is 1. The molecule has 3 heterocycles. The number of hydrogen-bond acceptors (Lipinski definition) is 7. The van der Waals surface area contributed by atoms with Crippen LogP contribution in [0.25, 0.3) is 22.8 Å². The van der Waals surface area contributed by atoms with Crippen molar-refractivity contribution < 1.29 is 9.05 Å². The van der Waals surface area contributed by atoms with E-state index in [9.17, 15) is 0 Å². The zero-order valence-corrected chi connectivity index (χ0v) is 15.3. The Hall–Kier alpha value is -3.48. The molecular formula is C20H19N5O2. The zero-order valence-electron chi connectivity index (χ0n) is 15.3. The summed E-state index contributed by atoms with van der Waals surface area (Å²) in [7, 11) is 1.96. The van der Waals surface area contributed by atoms with Crippen LogP contribution in [0.2, 0.25) is 0 Å². The fraction of sp³-hybridized carbons (Fsp3) is 0.200. The standard InChI is InChI=1S/C20H19N5O2/c1-13-6-4-5-7-16(13)19-22-20(27-24-19)15-8-9-18(21-12-15)25(3)14(2)17-10-11-26-23-17/h4-12,14H,1-3H3. The molecule has 7 nitrogen and oxygen atoms in total. The van der Waals surface area contributed by atoms with E-state index in [1.165, 1.54) is 0 Å². The number of rotatable bonds is 5. The molecule has 0 aliphatic heterocycles. The predicted molar refractivity (Wildman–Crippen MR) is 101 cm³/mol. The number of benzene rings is 1. The van der Waals surface area contributed by atoms with Gasteiger partial charge in [-0.3, -0.25) is 0 Å². The molecule has 0 spiro atoms. The van der Waals surface area contributed by atoms with Gasteiger partial charge in [0.1, 0.15) is 17.8 Å². The van der Waals surface area contributed by atoms with E-state index in [0.717, 1.165) is 28.2 Å². The molecule has 3 aromatic heterocycles. The average Bonchev–Trinajstić information content (AvgIpc) is 3.39. The molecule has 27 heavy (non-hydrogen) atoms. The van der Waals surface area contributed by atoms with Gasteiger partial charge in [-0.05, 0) is 31.5 Å². The van der Waals surface area contributed by atoms with Gasteiger partial charge in [-0.2, -0.15) is 4.98 Å². The van der Waals surface area contributed by atoms with E-state index in [4.69, 9.17) is 9.05 Å². The third-order valence-electron chi connectivity index (χ3n) is 4.63. The van der Waals surface area contributed by atoms with Crippen molar-refractivity contribution in [3.8, 4) is 22.8 Å². The van der Waals surface area contributed by atoms with Crippen molar-refractivity contribution in [1.29, 1.82) is 0 Å². The second-order valence-electron chi connectivity index (χ2n) is 6.35. The summed E-state index contributed by atoms with van der Waals surface area (Å²) in [5, 5.41) is 8.09. The fourth-order valence-corrected chi connectivity index (χ4v) is 2.83. The molecule has 136 valence electrons. The maximum Gasteiger partial charge on any atom is 0.259 e. The fourth-order valence-electron chi connectivity index (χ4n) is 2.83. The van der Waals surface area contributed by atoms with Gasteiger partial charge in [0.2, 0.25) is 5.82 Å². The van der Waals surface area contributed by atoms with Crippen molar-refractivity contribution in [1.82, 2.24) is 20.3 Å². The topological polar surface area (TPSA) is 81.1 Å². The van der Waals surface area contributed by atoms with Crippen LogP contribution in [0.15, 0.2) is 64.0 Å². The molecule has 0 aliphatic carbocycles. The Morgan fingerprint density at radius 3 is 2.59 bits per heavy atom. The first-order valence-corrected chi connectivity index (χ1v) is 8.62. The quantitative estimate of drug-likeness (QED) is 0.524. The van der Waals surface area contributed by atoms with Crippen LogP contribution in [0.3, 0.4) is 0 Å². The third kappa shape index (κ3) is 3.31. The van der Waals surface area contributed by atoms with Crippen LogP contribution < -0.4 is 4.90 Å². The summed E-state index contributed by atoms with van der Waals surface area (Å²) in [5.74, 6) is 1.83. The monoisotopic (exact) mass is 361 g/mol. The van der Waals surface area contributed by atoms with Crippen molar-refractivity contribution in [2.75, 3.05) is 11.9 Å². The molecule has 7 heteroatoms. The Kier molecular flexibility index (Phi) is 4.42. The minimum Gasteiger partial charge on any atom is -0.364 e. The van der Waals surface area contributed by atoms with E-state index in [1.54, 1.807) is 12.5 Å². The van der Waals surface area contributed by atoms with E-state index in [1.807, 2.05) is 68.3 Å². The molecule has 0 radical (unpaired) electrons. The lowest BCUT2D eigenvalue weighted by atomic mass is 10.1. The summed E-state index contributed by atoms with van der Waals surface area (Å²) >= 11 is 0. The molecule has 0 saturated heterocycles. The van der Waals surface area contributed by atoms with Crippen molar-refractivity contribution in [2.24, 2.45) is 0 Å². The molecule has 4 aromatic rings. The normalized spacial score (nSPS) is 12.1. The Morgan fingerprint density at radius 1 is 1.04 bits per heavy atom. The lowest BCUT2D eigenvalue weighted by Gasteiger charge is -2.24. The molecular weight excluding hydrogens is 342 g/mol. The van der Waals surface area contributed by atoms with Crippen molar-refractivity contribution in [3.05, 3.63) is 66.2 Å². The smallest absolute Gasteiger partial charge is 0.259 e. The summed E-state index contributed by atoms with van der Waals surface area (Å²) in [6, 6.07) is 13.7. The molecule has 0 aliphatic rings. The molecule has 0 N–H and O–H groups in total. The van der Waals surface area contributed by atoms with Gasteiger partial charge in [0.25, 0.3) is 5.89 Å². The molecule has 1 atom stereocenters.